The van der Waals surface area contributed by atoms with Crippen LogP contribution in [-0.4, -0.2) is 35.6 Å². The van der Waals surface area contributed by atoms with Crippen LogP contribution in [0.5, 0.6) is 0 Å². The normalized spacial score (nSPS) is 11.1. The molecule has 2 aromatic rings. The van der Waals surface area contributed by atoms with E-state index in [0.29, 0.717) is 20.9 Å². The van der Waals surface area contributed by atoms with Crippen LogP contribution in [0, 0.1) is 0 Å². The van der Waals surface area contributed by atoms with Crippen molar-refractivity contribution in [2.75, 3.05) is 30.8 Å². The zero-order valence-corrected chi connectivity index (χ0v) is 16.9. The number of nitrogens with zero attached hydrogens (tertiary/aromatic N) is 1. The number of carbonyl (C=O) groups excluding carboxylic acids is 1. The summed E-state index contributed by atoms with van der Waals surface area (Å²) in [7, 11) is 0.700. The molecule has 0 radical (unpaired) electrons. The van der Waals surface area contributed by atoms with Gasteiger partial charge in [0.15, 0.2) is 0 Å². The van der Waals surface area contributed by atoms with Gasteiger partial charge in [-0.2, -0.15) is 0 Å². The molecule has 2 rings (SSSR count). The maximum Gasteiger partial charge on any atom is 0.339 e. The van der Waals surface area contributed by atoms with Gasteiger partial charge in [0.05, 0.1) is 24.0 Å². The first-order chi connectivity index (χ1) is 11.7. The highest BCUT2D eigenvalue weighted by molar-refractivity contribution is 9.10. The highest BCUT2D eigenvalue weighted by Gasteiger charge is 2.24. The number of sulfonamides is 1. The summed E-state index contributed by atoms with van der Waals surface area (Å²) in [5, 5.41) is 0.382. The van der Waals surface area contributed by atoms with Crippen molar-refractivity contribution in [3.05, 3.63) is 51.5 Å². The van der Waals surface area contributed by atoms with E-state index in [2.05, 4.69) is 25.4 Å². The molecule has 0 aliphatic rings. The van der Waals surface area contributed by atoms with E-state index >= 15 is 0 Å². The fourth-order valence-corrected chi connectivity index (χ4v) is 3.96. The molecule has 25 heavy (non-hydrogen) atoms. The van der Waals surface area contributed by atoms with Crippen molar-refractivity contribution in [3.8, 4) is 0 Å². The van der Waals surface area contributed by atoms with Crippen LogP contribution < -0.4 is 9.62 Å². The van der Waals surface area contributed by atoms with Gasteiger partial charge in [-0.25, -0.2) is 13.2 Å². The molecular weight excluding hydrogens is 432 g/mol. The Morgan fingerprint density at radius 3 is 2.48 bits per heavy atom. The number of carbonyl (C=O) groups is 1. The Bertz CT molecular complexity index is 916. The van der Waals surface area contributed by atoms with Crippen molar-refractivity contribution in [2.45, 2.75) is 4.90 Å². The average Bonchev–Trinajstić information content (AvgIpc) is 2.53. The van der Waals surface area contributed by atoms with E-state index in [1.165, 1.54) is 31.4 Å². The summed E-state index contributed by atoms with van der Waals surface area (Å²) in [6, 6.07) is 9.12. The fourth-order valence-electron chi connectivity index (χ4n) is 2.19. The van der Waals surface area contributed by atoms with Gasteiger partial charge in [-0.3, -0.25) is 4.72 Å². The summed E-state index contributed by atoms with van der Waals surface area (Å²) in [4.78, 5) is 13.5. The third-order valence-corrected chi connectivity index (χ3v) is 5.47. The third-order valence-electron chi connectivity index (χ3n) is 3.32. The Balaban J connectivity index is 2.55. The molecule has 1 N–H and O–H groups in total. The first kappa shape index (κ1) is 19.6. The molecule has 0 aromatic heterocycles. The van der Waals surface area contributed by atoms with Crippen LogP contribution in [0.4, 0.5) is 11.4 Å². The summed E-state index contributed by atoms with van der Waals surface area (Å²) in [5.41, 5.74) is 0.860. The molecule has 2 aromatic carbocycles. The number of anilines is 2. The minimum absolute atomic E-state index is 0.0715. The lowest BCUT2D eigenvalue weighted by Crippen LogP contribution is -2.20. The van der Waals surface area contributed by atoms with Gasteiger partial charge < -0.3 is 9.64 Å². The SMILES string of the molecule is COC(=O)c1cc(Br)ccc1S(=O)(=O)Nc1cc(Cl)ccc1N(C)C. The predicted molar refractivity (Wildman–Crippen MR) is 102 cm³/mol. The van der Waals surface area contributed by atoms with E-state index in [0.717, 1.165) is 0 Å². The zero-order chi connectivity index (χ0) is 18.8. The first-order valence-electron chi connectivity index (χ1n) is 7.03. The van der Waals surface area contributed by atoms with E-state index in [1.807, 2.05) is 0 Å². The molecule has 0 fully saturated rings. The average molecular weight is 448 g/mol. The predicted octanol–water partition coefficient (Wildman–Crippen LogP) is 3.76. The number of halogens is 2. The fraction of sp³-hybridized carbons (Fsp3) is 0.188. The lowest BCUT2D eigenvalue weighted by atomic mass is 10.2. The molecule has 0 amide bonds. The Kier molecular flexibility index (Phi) is 5.97. The van der Waals surface area contributed by atoms with Crippen molar-refractivity contribution < 1.29 is 17.9 Å². The molecule has 0 bridgehead atoms. The molecule has 0 saturated heterocycles. The monoisotopic (exact) mass is 446 g/mol. The van der Waals surface area contributed by atoms with Crippen LogP contribution in [0.25, 0.3) is 0 Å². The first-order valence-corrected chi connectivity index (χ1v) is 9.68. The number of benzene rings is 2. The standard InChI is InChI=1S/C16H16BrClN2O4S/c1-20(2)14-6-5-11(18)9-13(14)19-25(22,23)15-7-4-10(17)8-12(15)16(21)24-3/h4-9,19H,1-3H3. The van der Waals surface area contributed by atoms with Gasteiger partial charge in [0, 0.05) is 23.6 Å². The molecule has 0 aliphatic heterocycles. The molecule has 0 saturated carbocycles. The number of methoxy groups -OCH3 is 1. The molecule has 0 spiro atoms. The zero-order valence-electron chi connectivity index (χ0n) is 13.7. The van der Waals surface area contributed by atoms with E-state index in [1.54, 1.807) is 31.1 Å². The summed E-state index contributed by atoms with van der Waals surface area (Å²) in [5.74, 6) is -0.749. The molecule has 0 heterocycles. The Hall–Kier alpha value is -1.77. The number of rotatable bonds is 5. The van der Waals surface area contributed by atoms with Gasteiger partial charge >= 0.3 is 5.97 Å². The molecule has 0 aliphatic carbocycles. The Morgan fingerprint density at radius 2 is 1.88 bits per heavy atom. The van der Waals surface area contributed by atoms with Gasteiger partial charge in [0.25, 0.3) is 10.0 Å². The van der Waals surface area contributed by atoms with Crippen molar-refractivity contribution in [1.29, 1.82) is 0 Å². The number of hydrogen-bond donors (Lipinski definition) is 1. The number of ether oxygens (including phenoxy) is 1. The third kappa shape index (κ3) is 4.45. The topological polar surface area (TPSA) is 75.7 Å². The lowest BCUT2D eigenvalue weighted by molar-refractivity contribution is 0.0596. The number of esters is 1. The largest absolute Gasteiger partial charge is 0.465 e. The molecule has 0 unspecified atom stereocenters. The molecular formula is C16H16BrClN2O4S. The minimum Gasteiger partial charge on any atom is -0.465 e. The van der Waals surface area contributed by atoms with Crippen LogP contribution in [0.2, 0.25) is 5.02 Å². The highest BCUT2D eigenvalue weighted by Crippen LogP contribution is 2.31. The van der Waals surface area contributed by atoms with Crippen molar-refractivity contribution >= 4 is 54.9 Å². The Labute approximate surface area is 159 Å². The maximum atomic E-state index is 12.8. The van der Waals surface area contributed by atoms with E-state index < -0.39 is 16.0 Å². The number of hydrogen-bond acceptors (Lipinski definition) is 5. The van der Waals surface area contributed by atoms with Gasteiger partial charge in [-0.05, 0) is 36.4 Å². The smallest absolute Gasteiger partial charge is 0.339 e. The van der Waals surface area contributed by atoms with Crippen LogP contribution >= 0.6 is 27.5 Å². The molecule has 6 nitrogen and oxygen atoms in total. The van der Waals surface area contributed by atoms with Crippen LogP contribution in [-0.2, 0) is 14.8 Å². The van der Waals surface area contributed by atoms with Gasteiger partial charge in [-0.15, -0.1) is 0 Å². The van der Waals surface area contributed by atoms with Crippen LogP contribution in [0.3, 0.4) is 0 Å². The summed E-state index contributed by atoms with van der Waals surface area (Å²) >= 11 is 9.21. The molecule has 0 atom stereocenters. The Morgan fingerprint density at radius 1 is 1.20 bits per heavy atom. The minimum atomic E-state index is -4.05. The van der Waals surface area contributed by atoms with Gasteiger partial charge in [-0.1, -0.05) is 27.5 Å². The number of nitrogens with one attached hydrogen (secondary N) is 1. The second-order valence-corrected chi connectivity index (χ2v) is 8.30. The summed E-state index contributed by atoms with van der Waals surface area (Å²) in [6.07, 6.45) is 0. The van der Waals surface area contributed by atoms with Gasteiger partial charge in [0.1, 0.15) is 4.90 Å². The summed E-state index contributed by atoms with van der Waals surface area (Å²) in [6.45, 7) is 0. The second kappa shape index (κ2) is 7.63. The second-order valence-electron chi connectivity index (χ2n) is 5.29. The van der Waals surface area contributed by atoms with Crippen LogP contribution in [0.1, 0.15) is 10.4 Å². The van der Waals surface area contributed by atoms with Crippen LogP contribution in [0.15, 0.2) is 45.8 Å². The van der Waals surface area contributed by atoms with Crippen molar-refractivity contribution in [2.24, 2.45) is 0 Å². The van der Waals surface area contributed by atoms with E-state index in [4.69, 9.17) is 11.6 Å². The highest BCUT2D eigenvalue weighted by atomic mass is 79.9. The quantitative estimate of drug-likeness (QED) is 0.706. The lowest BCUT2D eigenvalue weighted by Gasteiger charge is -2.19. The molecule has 9 heteroatoms. The maximum absolute atomic E-state index is 12.8. The van der Waals surface area contributed by atoms with E-state index in [9.17, 15) is 13.2 Å². The van der Waals surface area contributed by atoms with Crippen molar-refractivity contribution in [3.63, 3.8) is 0 Å². The van der Waals surface area contributed by atoms with Crippen molar-refractivity contribution in [1.82, 2.24) is 0 Å². The van der Waals surface area contributed by atoms with Gasteiger partial charge in [0.2, 0.25) is 0 Å². The van der Waals surface area contributed by atoms with E-state index in [-0.39, 0.29) is 10.5 Å². The molecule has 134 valence electrons. The summed E-state index contributed by atoms with van der Waals surface area (Å²) < 4.78 is 33.4.